The lowest BCUT2D eigenvalue weighted by molar-refractivity contribution is -0.122. The summed E-state index contributed by atoms with van der Waals surface area (Å²) in [6, 6.07) is 5.95. The number of hydrogen-bond donors (Lipinski definition) is 1. The zero-order chi connectivity index (χ0) is 17.5. The van der Waals surface area contributed by atoms with E-state index in [4.69, 9.17) is 0 Å². The van der Waals surface area contributed by atoms with E-state index in [0.29, 0.717) is 17.3 Å². The highest BCUT2D eigenvalue weighted by molar-refractivity contribution is 5.75. The summed E-state index contributed by atoms with van der Waals surface area (Å²) in [6.45, 7) is 6.40. The Balaban J connectivity index is 1.83. The molecular weight excluding hydrogens is 309 g/mol. The molecule has 7 heteroatoms. The number of tetrazole rings is 1. The maximum atomic E-state index is 12.9. The minimum atomic E-state index is -0.322. The Morgan fingerprint density at radius 3 is 2.58 bits per heavy atom. The lowest BCUT2D eigenvalue weighted by atomic mass is 10.0. The summed E-state index contributed by atoms with van der Waals surface area (Å²) < 4.78 is 12.9. The first-order chi connectivity index (χ1) is 11.4. The number of rotatable bonds is 8. The van der Waals surface area contributed by atoms with Gasteiger partial charge in [-0.1, -0.05) is 26.7 Å². The summed E-state index contributed by atoms with van der Waals surface area (Å²) in [7, 11) is 0. The summed E-state index contributed by atoms with van der Waals surface area (Å²) in [4.78, 5) is 13.3. The Labute approximate surface area is 141 Å². The lowest BCUT2D eigenvalue weighted by Crippen LogP contribution is -2.35. The maximum Gasteiger partial charge on any atom is 0.243 e. The number of halogens is 1. The SMILES string of the molecule is CC(C)CCC[C@@H](C)NC(=O)Cn1nnc(-c2ccc(F)cc2)n1. The molecule has 6 nitrogen and oxygen atoms in total. The summed E-state index contributed by atoms with van der Waals surface area (Å²) in [5.41, 5.74) is 0.658. The monoisotopic (exact) mass is 333 g/mol. The maximum absolute atomic E-state index is 12.9. The third-order valence-corrected chi connectivity index (χ3v) is 3.67. The molecule has 0 radical (unpaired) electrons. The normalized spacial score (nSPS) is 12.4. The second-order valence-corrected chi connectivity index (χ2v) is 6.44. The van der Waals surface area contributed by atoms with Crippen molar-refractivity contribution in [3.8, 4) is 11.4 Å². The van der Waals surface area contributed by atoms with Crippen LogP contribution in [0.5, 0.6) is 0 Å². The molecule has 0 aliphatic rings. The quantitative estimate of drug-likeness (QED) is 0.806. The molecule has 0 aliphatic carbocycles. The highest BCUT2D eigenvalue weighted by Crippen LogP contribution is 2.13. The number of hydrogen-bond acceptors (Lipinski definition) is 4. The molecule has 1 N–H and O–H groups in total. The average molecular weight is 333 g/mol. The van der Waals surface area contributed by atoms with Gasteiger partial charge in [-0.2, -0.15) is 4.80 Å². The van der Waals surface area contributed by atoms with Gasteiger partial charge in [-0.15, -0.1) is 10.2 Å². The molecule has 1 atom stereocenters. The van der Waals surface area contributed by atoms with E-state index in [1.165, 1.54) is 16.9 Å². The van der Waals surface area contributed by atoms with E-state index in [0.717, 1.165) is 19.3 Å². The van der Waals surface area contributed by atoms with E-state index in [2.05, 4.69) is 34.6 Å². The number of benzene rings is 1. The van der Waals surface area contributed by atoms with Crippen LogP contribution < -0.4 is 5.32 Å². The standard InChI is InChI=1S/C17H24FN5O/c1-12(2)5-4-6-13(3)19-16(24)11-23-21-17(20-22-23)14-7-9-15(18)10-8-14/h7-10,12-13H,4-6,11H2,1-3H3,(H,19,24)/t13-/m1/s1. The van der Waals surface area contributed by atoms with Crippen LogP contribution in [0.4, 0.5) is 4.39 Å². The van der Waals surface area contributed by atoms with Crippen molar-refractivity contribution in [2.75, 3.05) is 0 Å². The molecule has 1 aromatic heterocycles. The van der Waals surface area contributed by atoms with Gasteiger partial charge in [-0.25, -0.2) is 4.39 Å². The van der Waals surface area contributed by atoms with Gasteiger partial charge >= 0.3 is 0 Å². The fourth-order valence-electron chi connectivity index (χ4n) is 2.38. The summed E-state index contributed by atoms with van der Waals surface area (Å²) in [5.74, 6) is 0.581. The van der Waals surface area contributed by atoms with Gasteiger partial charge in [0.25, 0.3) is 0 Å². The highest BCUT2D eigenvalue weighted by atomic mass is 19.1. The van der Waals surface area contributed by atoms with Crippen LogP contribution in [0.15, 0.2) is 24.3 Å². The van der Waals surface area contributed by atoms with Crippen molar-refractivity contribution < 1.29 is 9.18 Å². The second kappa shape index (κ2) is 8.52. The minimum Gasteiger partial charge on any atom is -0.352 e. The molecule has 2 aromatic rings. The Bertz CT molecular complexity index is 653. The van der Waals surface area contributed by atoms with Gasteiger partial charge in [-0.05, 0) is 48.7 Å². The molecule has 2 rings (SSSR count). The Kier molecular flexibility index (Phi) is 6.40. The van der Waals surface area contributed by atoms with Crippen LogP contribution in [-0.2, 0) is 11.3 Å². The molecule has 1 heterocycles. The van der Waals surface area contributed by atoms with Crippen molar-refractivity contribution in [2.24, 2.45) is 5.92 Å². The van der Waals surface area contributed by atoms with Crippen molar-refractivity contribution in [1.82, 2.24) is 25.5 Å². The van der Waals surface area contributed by atoms with E-state index >= 15 is 0 Å². The zero-order valence-electron chi connectivity index (χ0n) is 14.4. The van der Waals surface area contributed by atoms with Gasteiger partial charge in [0.05, 0.1) is 0 Å². The van der Waals surface area contributed by atoms with E-state index in [9.17, 15) is 9.18 Å². The first-order valence-electron chi connectivity index (χ1n) is 8.27. The molecular formula is C17H24FN5O. The molecule has 0 spiro atoms. The molecule has 0 saturated carbocycles. The summed E-state index contributed by atoms with van der Waals surface area (Å²) in [5, 5.41) is 14.9. The van der Waals surface area contributed by atoms with Crippen molar-refractivity contribution in [1.29, 1.82) is 0 Å². The van der Waals surface area contributed by atoms with Gasteiger partial charge < -0.3 is 5.32 Å². The van der Waals surface area contributed by atoms with Gasteiger partial charge in [0.15, 0.2) is 0 Å². The fourth-order valence-corrected chi connectivity index (χ4v) is 2.38. The molecule has 130 valence electrons. The molecule has 0 bridgehead atoms. The van der Waals surface area contributed by atoms with Crippen LogP contribution >= 0.6 is 0 Å². The van der Waals surface area contributed by atoms with Gasteiger partial charge in [0.1, 0.15) is 12.4 Å². The first kappa shape index (κ1) is 18.0. The van der Waals surface area contributed by atoms with Crippen molar-refractivity contribution in [3.63, 3.8) is 0 Å². The summed E-state index contributed by atoms with van der Waals surface area (Å²) in [6.07, 6.45) is 3.21. The Morgan fingerprint density at radius 2 is 1.92 bits per heavy atom. The van der Waals surface area contributed by atoms with Crippen molar-refractivity contribution in [3.05, 3.63) is 30.1 Å². The molecule has 24 heavy (non-hydrogen) atoms. The number of nitrogens with zero attached hydrogens (tertiary/aromatic N) is 4. The van der Waals surface area contributed by atoms with Crippen molar-refractivity contribution in [2.45, 2.75) is 52.6 Å². The van der Waals surface area contributed by atoms with Crippen LogP contribution in [0, 0.1) is 11.7 Å². The lowest BCUT2D eigenvalue weighted by Gasteiger charge is -2.14. The van der Waals surface area contributed by atoms with Gasteiger partial charge in [0.2, 0.25) is 11.7 Å². The van der Waals surface area contributed by atoms with Crippen LogP contribution in [0.2, 0.25) is 0 Å². The first-order valence-corrected chi connectivity index (χ1v) is 8.27. The third-order valence-electron chi connectivity index (χ3n) is 3.67. The molecule has 0 aliphatic heterocycles. The summed E-state index contributed by atoms with van der Waals surface area (Å²) >= 11 is 0. The van der Waals surface area contributed by atoms with E-state index in [-0.39, 0.29) is 24.3 Å². The number of carbonyl (C=O) groups is 1. The zero-order valence-corrected chi connectivity index (χ0v) is 14.4. The average Bonchev–Trinajstić information content (AvgIpc) is 2.95. The smallest absolute Gasteiger partial charge is 0.243 e. The van der Waals surface area contributed by atoms with E-state index < -0.39 is 0 Å². The van der Waals surface area contributed by atoms with Crippen molar-refractivity contribution >= 4 is 5.91 Å². The number of amides is 1. The van der Waals surface area contributed by atoms with Gasteiger partial charge in [0, 0.05) is 11.6 Å². The van der Waals surface area contributed by atoms with Crippen LogP contribution in [-0.4, -0.2) is 32.2 Å². The van der Waals surface area contributed by atoms with E-state index in [1.54, 1.807) is 12.1 Å². The predicted octanol–water partition coefficient (Wildman–Crippen LogP) is 2.81. The largest absolute Gasteiger partial charge is 0.352 e. The highest BCUT2D eigenvalue weighted by Gasteiger charge is 2.11. The molecule has 0 unspecified atom stereocenters. The Morgan fingerprint density at radius 1 is 1.21 bits per heavy atom. The molecule has 1 amide bonds. The second-order valence-electron chi connectivity index (χ2n) is 6.44. The molecule has 1 aromatic carbocycles. The number of aromatic nitrogens is 4. The Hall–Kier alpha value is -2.31. The minimum absolute atomic E-state index is 0.0166. The van der Waals surface area contributed by atoms with Crippen LogP contribution in [0.25, 0.3) is 11.4 Å². The van der Waals surface area contributed by atoms with Crippen LogP contribution in [0.1, 0.15) is 40.0 Å². The predicted molar refractivity (Wildman–Crippen MR) is 89.5 cm³/mol. The molecule has 0 fully saturated rings. The number of carbonyl (C=O) groups excluding carboxylic acids is 1. The van der Waals surface area contributed by atoms with Crippen LogP contribution in [0.3, 0.4) is 0 Å². The third kappa shape index (κ3) is 5.72. The fraction of sp³-hybridized carbons (Fsp3) is 0.529. The van der Waals surface area contributed by atoms with E-state index in [1.807, 2.05) is 6.92 Å². The topological polar surface area (TPSA) is 72.7 Å². The van der Waals surface area contributed by atoms with Gasteiger partial charge in [-0.3, -0.25) is 4.79 Å². The molecule has 0 saturated heterocycles. The number of nitrogens with one attached hydrogen (secondary N) is 1.